The van der Waals surface area contributed by atoms with E-state index >= 15 is 0 Å². The summed E-state index contributed by atoms with van der Waals surface area (Å²) in [7, 11) is 2.04. The van der Waals surface area contributed by atoms with Gasteiger partial charge in [-0.25, -0.2) is 9.97 Å². The number of hydrogen-bond donors (Lipinski definition) is 0. The molecule has 0 spiro atoms. The number of fused-ring (bicyclic) bond motifs is 1. The molecule has 0 N–H and O–H groups in total. The first kappa shape index (κ1) is 8.24. The van der Waals surface area contributed by atoms with Gasteiger partial charge in [-0.1, -0.05) is 11.6 Å². The molecule has 3 nitrogen and oxygen atoms in total. The Morgan fingerprint density at radius 2 is 2.29 bits per heavy atom. The summed E-state index contributed by atoms with van der Waals surface area (Å²) in [5, 5.41) is 0.530. The zero-order valence-corrected chi connectivity index (χ0v) is 8.62. The Bertz CT molecular complexity index is 499. The number of halogens is 1. The maximum atomic E-state index is 5.84. The van der Waals surface area contributed by atoms with E-state index in [2.05, 4.69) is 14.5 Å². The normalized spacial score (nSPS) is 16.4. The molecule has 14 heavy (non-hydrogen) atoms. The Morgan fingerprint density at radius 3 is 3.00 bits per heavy atom. The molecule has 2 aromatic rings. The lowest BCUT2D eigenvalue weighted by molar-refractivity contribution is 0.820. The van der Waals surface area contributed by atoms with Gasteiger partial charge in [-0.05, 0) is 12.8 Å². The maximum Gasteiger partial charge on any atom is 0.131 e. The van der Waals surface area contributed by atoms with E-state index in [0.717, 1.165) is 11.0 Å². The third-order valence-electron chi connectivity index (χ3n) is 2.71. The molecule has 72 valence electrons. The van der Waals surface area contributed by atoms with Gasteiger partial charge in [0.15, 0.2) is 0 Å². The molecule has 0 aromatic carbocycles. The minimum Gasteiger partial charge on any atom is -0.331 e. The Labute approximate surface area is 86.7 Å². The minimum atomic E-state index is 0.530. The van der Waals surface area contributed by atoms with Gasteiger partial charge in [0.2, 0.25) is 0 Å². The predicted molar refractivity (Wildman–Crippen MR) is 55.5 cm³/mol. The molecule has 0 amide bonds. The van der Waals surface area contributed by atoms with Crippen molar-refractivity contribution in [2.45, 2.75) is 18.8 Å². The zero-order valence-electron chi connectivity index (χ0n) is 7.87. The zero-order chi connectivity index (χ0) is 9.71. The summed E-state index contributed by atoms with van der Waals surface area (Å²) in [4.78, 5) is 8.59. The van der Waals surface area contributed by atoms with Crippen LogP contribution in [0.25, 0.3) is 11.0 Å². The van der Waals surface area contributed by atoms with Crippen molar-refractivity contribution < 1.29 is 0 Å². The van der Waals surface area contributed by atoms with Crippen LogP contribution in [0.15, 0.2) is 12.3 Å². The van der Waals surface area contributed by atoms with E-state index in [1.54, 1.807) is 6.20 Å². The highest BCUT2D eigenvalue weighted by molar-refractivity contribution is 6.29. The topological polar surface area (TPSA) is 30.7 Å². The fourth-order valence-electron chi connectivity index (χ4n) is 1.80. The van der Waals surface area contributed by atoms with E-state index in [0.29, 0.717) is 11.1 Å². The third kappa shape index (κ3) is 1.12. The van der Waals surface area contributed by atoms with E-state index in [-0.39, 0.29) is 0 Å². The summed E-state index contributed by atoms with van der Waals surface area (Å²) in [6.45, 7) is 0. The van der Waals surface area contributed by atoms with Crippen LogP contribution in [-0.2, 0) is 7.05 Å². The molecule has 0 aliphatic heterocycles. The lowest BCUT2D eigenvalue weighted by atomic mass is 10.4. The summed E-state index contributed by atoms with van der Waals surface area (Å²) in [6.07, 6.45) is 4.26. The maximum absolute atomic E-state index is 5.84. The molecule has 2 aromatic heterocycles. The van der Waals surface area contributed by atoms with Crippen LogP contribution in [-0.4, -0.2) is 14.5 Å². The van der Waals surface area contributed by atoms with Crippen molar-refractivity contribution in [1.82, 2.24) is 14.5 Å². The molecular weight excluding hydrogens is 198 g/mol. The Morgan fingerprint density at radius 1 is 1.50 bits per heavy atom. The second-order valence-electron chi connectivity index (χ2n) is 3.80. The van der Waals surface area contributed by atoms with Crippen LogP contribution in [0.2, 0.25) is 5.15 Å². The van der Waals surface area contributed by atoms with Crippen molar-refractivity contribution in [3.05, 3.63) is 23.2 Å². The average molecular weight is 208 g/mol. The van der Waals surface area contributed by atoms with Gasteiger partial charge < -0.3 is 4.57 Å². The Balaban J connectivity index is 2.29. The lowest BCUT2D eigenvalue weighted by Gasteiger charge is -1.98. The second kappa shape index (κ2) is 2.70. The number of rotatable bonds is 1. The SMILES string of the molecule is Cn1c(C2CC2)nc2cnc(Cl)cc21. The molecular formula is C10H10ClN3. The first-order valence-corrected chi connectivity index (χ1v) is 5.11. The molecule has 0 atom stereocenters. The quantitative estimate of drug-likeness (QED) is 0.673. The standard InChI is InChI=1S/C10H10ClN3/c1-14-8-4-9(11)12-5-7(8)13-10(14)6-2-3-6/h4-6H,2-3H2,1H3. The first-order chi connectivity index (χ1) is 6.75. The van der Waals surface area contributed by atoms with Crippen LogP contribution in [0, 0.1) is 0 Å². The molecule has 1 aliphatic carbocycles. The van der Waals surface area contributed by atoms with Crippen LogP contribution in [0.1, 0.15) is 24.6 Å². The fraction of sp³-hybridized carbons (Fsp3) is 0.400. The number of imidazole rings is 1. The van der Waals surface area contributed by atoms with E-state index in [4.69, 9.17) is 11.6 Å². The largest absolute Gasteiger partial charge is 0.331 e. The number of aryl methyl sites for hydroxylation is 1. The van der Waals surface area contributed by atoms with Crippen LogP contribution < -0.4 is 0 Å². The van der Waals surface area contributed by atoms with Crippen LogP contribution >= 0.6 is 11.6 Å². The van der Waals surface area contributed by atoms with Crippen molar-refractivity contribution in [2.75, 3.05) is 0 Å². The van der Waals surface area contributed by atoms with Gasteiger partial charge in [-0.2, -0.15) is 0 Å². The third-order valence-corrected chi connectivity index (χ3v) is 2.92. The Kier molecular flexibility index (Phi) is 1.59. The summed E-state index contributed by atoms with van der Waals surface area (Å²) >= 11 is 5.84. The van der Waals surface area contributed by atoms with Crippen molar-refractivity contribution in [3.8, 4) is 0 Å². The summed E-state index contributed by atoms with van der Waals surface area (Å²) < 4.78 is 2.13. The van der Waals surface area contributed by atoms with Gasteiger partial charge >= 0.3 is 0 Å². The number of nitrogens with zero attached hydrogens (tertiary/aromatic N) is 3. The number of hydrogen-bond acceptors (Lipinski definition) is 2. The van der Waals surface area contributed by atoms with Crippen molar-refractivity contribution in [3.63, 3.8) is 0 Å². The highest BCUT2D eigenvalue weighted by atomic mass is 35.5. The van der Waals surface area contributed by atoms with Gasteiger partial charge in [-0.3, -0.25) is 0 Å². The highest BCUT2D eigenvalue weighted by Gasteiger charge is 2.28. The molecule has 0 saturated heterocycles. The Hall–Kier alpha value is -1.09. The highest BCUT2D eigenvalue weighted by Crippen LogP contribution is 2.40. The van der Waals surface area contributed by atoms with E-state index in [9.17, 15) is 0 Å². The average Bonchev–Trinajstić information content (AvgIpc) is 2.95. The van der Waals surface area contributed by atoms with Crippen LogP contribution in [0.3, 0.4) is 0 Å². The van der Waals surface area contributed by atoms with Gasteiger partial charge in [0.25, 0.3) is 0 Å². The predicted octanol–water partition coefficient (Wildman–Crippen LogP) is 2.50. The molecule has 3 rings (SSSR count). The van der Waals surface area contributed by atoms with Crippen LogP contribution in [0.4, 0.5) is 0 Å². The molecule has 1 aliphatic rings. The molecule has 2 heterocycles. The summed E-state index contributed by atoms with van der Waals surface area (Å²) in [5.41, 5.74) is 2.02. The molecule has 0 radical (unpaired) electrons. The van der Waals surface area contributed by atoms with Gasteiger partial charge in [0.1, 0.15) is 16.5 Å². The van der Waals surface area contributed by atoms with E-state index < -0.39 is 0 Å². The molecule has 4 heteroatoms. The van der Waals surface area contributed by atoms with Gasteiger partial charge in [0.05, 0.1) is 11.7 Å². The van der Waals surface area contributed by atoms with Gasteiger partial charge in [0, 0.05) is 19.0 Å². The number of pyridine rings is 1. The summed E-state index contributed by atoms with van der Waals surface area (Å²) in [6, 6.07) is 1.87. The second-order valence-corrected chi connectivity index (χ2v) is 4.19. The molecule has 1 saturated carbocycles. The minimum absolute atomic E-state index is 0.530. The fourth-order valence-corrected chi connectivity index (χ4v) is 1.95. The molecule has 0 bridgehead atoms. The van der Waals surface area contributed by atoms with Crippen LogP contribution in [0.5, 0.6) is 0 Å². The van der Waals surface area contributed by atoms with Crippen molar-refractivity contribution >= 4 is 22.6 Å². The monoisotopic (exact) mass is 207 g/mol. The smallest absolute Gasteiger partial charge is 0.131 e. The molecule has 0 unspecified atom stereocenters. The summed E-state index contributed by atoms with van der Waals surface area (Å²) in [5.74, 6) is 1.83. The molecule has 1 fully saturated rings. The first-order valence-electron chi connectivity index (χ1n) is 4.73. The van der Waals surface area contributed by atoms with E-state index in [1.807, 2.05) is 13.1 Å². The van der Waals surface area contributed by atoms with Crippen molar-refractivity contribution in [2.24, 2.45) is 7.05 Å². The lowest BCUT2D eigenvalue weighted by Crippen LogP contribution is -1.94. The van der Waals surface area contributed by atoms with Crippen molar-refractivity contribution in [1.29, 1.82) is 0 Å². The van der Waals surface area contributed by atoms with Gasteiger partial charge in [-0.15, -0.1) is 0 Å². The number of aromatic nitrogens is 3. The van der Waals surface area contributed by atoms with E-state index in [1.165, 1.54) is 18.7 Å².